The SMILES string of the molecule is COC(=O)c1c(NC(=O)c2cccnc2NC2CCCN(Cc3ccccc3)C2)sc2c1CCNC2. The smallest absolute Gasteiger partial charge is 0.341 e. The number of ether oxygens (including phenoxy) is 1. The molecule has 4 heterocycles. The normalized spacial score (nSPS) is 17.8. The van der Waals surface area contributed by atoms with Gasteiger partial charge in [-0.25, -0.2) is 9.78 Å². The highest BCUT2D eigenvalue weighted by molar-refractivity contribution is 7.17. The Labute approximate surface area is 215 Å². The number of hydrogen-bond donors (Lipinski definition) is 3. The van der Waals surface area contributed by atoms with Crippen LogP contribution in [0.5, 0.6) is 0 Å². The summed E-state index contributed by atoms with van der Waals surface area (Å²) in [4.78, 5) is 33.9. The first-order valence-corrected chi connectivity index (χ1v) is 13.2. The van der Waals surface area contributed by atoms with Crippen LogP contribution in [0.25, 0.3) is 0 Å². The Morgan fingerprint density at radius 3 is 2.92 bits per heavy atom. The first-order valence-electron chi connectivity index (χ1n) is 12.3. The van der Waals surface area contributed by atoms with Gasteiger partial charge in [0.15, 0.2) is 0 Å². The lowest BCUT2D eigenvalue weighted by Crippen LogP contribution is -2.42. The summed E-state index contributed by atoms with van der Waals surface area (Å²) in [5.74, 6) is -0.154. The molecule has 188 valence electrons. The van der Waals surface area contributed by atoms with Gasteiger partial charge in [-0.2, -0.15) is 0 Å². The van der Waals surface area contributed by atoms with Gasteiger partial charge >= 0.3 is 5.97 Å². The fourth-order valence-corrected chi connectivity index (χ4v) is 6.17. The lowest BCUT2D eigenvalue weighted by Gasteiger charge is -2.33. The van der Waals surface area contributed by atoms with Gasteiger partial charge in [-0.05, 0) is 55.6 Å². The molecule has 0 bridgehead atoms. The molecule has 2 aliphatic rings. The van der Waals surface area contributed by atoms with Crippen molar-refractivity contribution in [3.8, 4) is 0 Å². The van der Waals surface area contributed by atoms with Crippen molar-refractivity contribution in [2.75, 3.05) is 37.4 Å². The number of aromatic nitrogens is 1. The van der Waals surface area contributed by atoms with E-state index < -0.39 is 5.97 Å². The Bertz CT molecular complexity index is 1230. The summed E-state index contributed by atoms with van der Waals surface area (Å²) >= 11 is 1.43. The van der Waals surface area contributed by atoms with Crippen molar-refractivity contribution >= 4 is 34.0 Å². The Morgan fingerprint density at radius 2 is 2.08 bits per heavy atom. The molecule has 36 heavy (non-hydrogen) atoms. The van der Waals surface area contributed by atoms with Gasteiger partial charge in [0, 0.05) is 36.8 Å². The minimum Gasteiger partial charge on any atom is -0.465 e. The van der Waals surface area contributed by atoms with Crippen LogP contribution < -0.4 is 16.0 Å². The van der Waals surface area contributed by atoms with E-state index in [-0.39, 0.29) is 11.9 Å². The lowest BCUT2D eigenvalue weighted by molar-refractivity contribution is 0.0601. The predicted octanol–water partition coefficient (Wildman–Crippen LogP) is 3.90. The number of hydrogen-bond acceptors (Lipinski definition) is 8. The molecule has 0 spiro atoms. The van der Waals surface area contributed by atoms with E-state index in [1.807, 2.05) is 6.07 Å². The quantitative estimate of drug-likeness (QED) is 0.419. The number of pyridine rings is 1. The van der Waals surface area contributed by atoms with Crippen LogP contribution in [-0.2, 0) is 24.2 Å². The standard InChI is InChI=1S/C27H31N5O3S/c1-35-27(34)23-20-11-13-28-15-22(20)36-26(23)31-25(33)21-10-5-12-29-24(21)30-19-9-6-14-32(17-19)16-18-7-3-2-4-8-18/h2-5,7-8,10,12,19,28H,6,9,11,13-17H2,1H3,(H,29,30)(H,31,33). The van der Waals surface area contributed by atoms with Crippen molar-refractivity contribution in [2.24, 2.45) is 0 Å². The van der Waals surface area contributed by atoms with E-state index in [2.05, 4.69) is 50.1 Å². The second kappa shape index (κ2) is 11.2. The Hall–Kier alpha value is -3.27. The number of carbonyl (C=O) groups is 2. The molecule has 1 fully saturated rings. The summed E-state index contributed by atoms with van der Waals surface area (Å²) in [6.07, 6.45) is 4.52. The zero-order valence-electron chi connectivity index (χ0n) is 20.4. The number of piperidine rings is 1. The van der Waals surface area contributed by atoms with Crippen LogP contribution in [0.3, 0.4) is 0 Å². The van der Waals surface area contributed by atoms with Gasteiger partial charge < -0.3 is 20.7 Å². The molecule has 0 radical (unpaired) electrons. The van der Waals surface area contributed by atoms with Crippen LogP contribution in [0.15, 0.2) is 48.7 Å². The van der Waals surface area contributed by atoms with Crippen LogP contribution >= 0.6 is 11.3 Å². The van der Waals surface area contributed by atoms with Crippen LogP contribution in [0.2, 0.25) is 0 Å². The van der Waals surface area contributed by atoms with Gasteiger partial charge in [0.25, 0.3) is 5.91 Å². The van der Waals surface area contributed by atoms with Crippen molar-refractivity contribution in [1.29, 1.82) is 0 Å². The Balaban J connectivity index is 1.31. The third kappa shape index (κ3) is 5.43. The second-order valence-corrected chi connectivity index (χ2v) is 10.3. The number of benzene rings is 1. The lowest BCUT2D eigenvalue weighted by atomic mass is 10.0. The van der Waals surface area contributed by atoms with Crippen LogP contribution in [0.4, 0.5) is 10.8 Å². The topological polar surface area (TPSA) is 95.6 Å². The minimum atomic E-state index is -0.421. The number of carbonyl (C=O) groups excluding carboxylic acids is 2. The monoisotopic (exact) mass is 505 g/mol. The summed E-state index contributed by atoms with van der Waals surface area (Å²) in [5, 5.41) is 10.3. The molecule has 2 aliphatic heterocycles. The second-order valence-electron chi connectivity index (χ2n) is 9.18. The van der Waals surface area contributed by atoms with E-state index in [1.54, 1.807) is 18.3 Å². The first-order chi connectivity index (χ1) is 17.6. The highest BCUT2D eigenvalue weighted by Gasteiger charge is 2.28. The van der Waals surface area contributed by atoms with Gasteiger partial charge in [0.05, 0.1) is 18.2 Å². The maximum absolute atomic E-state index is 13.4. The maximum Gasteiger partial charge on any atom is 0.341 e. The molecular formula is C27H31N5O3S. The Kier molecular flexibility index (Phi) is 7.60. The highest BCUT2D eigenvalue weighted by Crippen LogP contribution is 2.36. The molecule has 0 saturated carbocycles. The third-order valence-corrected chi connectivity index (χ3v) is 7.84. The average molecular weight is 506 g/mol. The van der Waals surface area contributed by atoms with E-state index in [0.29, 0.717) is 28.5 Å². The van der Waals surface area contributed by atoms with Crippen molar-refractivity contribution in [3.05, 3.63) is 75.8 Å². The number of nitrogens with one attached hydrogen (secondary N) is 3. The molecule has 5 rings (SSSR count). The van der Waals surface area contributed by atoms with E-state index in [4.69, 9.17) is 4.74 Å². The molecule has 1 atom stereocenters. The molecule has 3 aromatic rings. The molecule has 9 heteroatoms. The number of anilines is 2. The molecular weight excluding hydrogens is 474 g/mol. The number of likely N-dealkylation sites (tertiary alicyclic amines) is 1. The molecule has 1 aromatic carbocycles. The molecule has 0 aliphatic carbocycles. The number of rotatable bonds is 7. The van der Waals surface area contributed by atoms with E-state index in [0.717, 1.165) is 55.9 Å². The van der Waals surface area contributed by atoms with Crippen molar-refractivity contribution in [1.82, 2.24) is 15.2 Å². The summed E-state index contributed by atoms with van der Waals surface area (Å²) < 4.78 is 5.03. The summed E-state index contributed by atoms with van der Waals surface area (Å²) in [5.41, 5.74) is 3.19. The zero-order chi connectivity index (χ0) is 24.9. The van der Waals surface area contributed by atoms with Gasteiger partial charge in [-0.15, -0.1) is 11.3 Å². The number of fused-ring (bicyclic) bond motifs is 1. The summed E-state index contributed by atoms with van der Waals surface area (Å²) in [6.45, 7) is 4.31. The summed E-state index contributed by atoms with van der Waals surface area (Å²) in [6, 6.07) is 14.2. The average Bonchev–Trinajstić information content (AvgIpc) is 3.27. The number of thiophene rings is 1. The van der Waals surface area contributed by atoms with Crippen LogP contribution in [-0.4, -0.2) is 54.5 Å². The fraction of sp³-hybridized carbons (Fsp3) is 0.370. The minimum absolute atomic E-state index is 0.190. The van der Waals surface area contributed by atoms with Crippen molar-refractivity contribution in [3.63, 3.8) is 0 Å². The maximum atomic E-state index is 13.4. The van der Waals surface area contributed by atoms with E-state index in [1.165, 1.54) is 24.0 Å². The zero-order valence-corrected chi connectivity index (χ0v) is 21.2. The van der Waals surface area contributed by atoms with Crippen molar-refractivity contribution in [2.45, 2.75) is 38.4 Å². The van der Waals surface area contributed by atoms with Gasteiger partial charge in [-0.3, -0.25) is 9.69 Å². The molecule has 1 unspecified atom stereocenters. The molecule has 2 aromatic heterocycles. The fourth-order valence-electron chi connectivity index (χ4n) is 4.97. The molecule has 3 N–H and O–H groups in total. The highest BCUT2D eigenvalue weighted by atomic mass is 32.1. The van der Waals surface area contributed by atoms with E-state index in [9.17, 15) is 9.59 Å². The largest absolute Gasteiger partial charge is 0.465 e. The predicted molar refractivity (Wildman–Crippen MR) is 142 cm³/mol. The molecule has 1 amide bonds. The van der Waals surface area contributed by atoms with Gasteiger partial charge in [-0.1, -0.05) is 30.3 Å². The number of methoxy groups -OCH3 is 1. The third-order valence-electron chi connectivity index (χ3n) is 6.69. The van der Waals surface area contributed by atoms with E-state index >= 15 is 0 Å². The Morgan fingerprint density at radius 1 is 1.22 bits per heavy atom. The molecule has 8 nitrogen and oxygen atoms in total. The number of esters is 1. The summed E-state index contributed by atoms with van der Waals surface area (Å²) in [7, 11) is 1.37. The van der Waals surface area contributed by atoms with Crippen LogP contribution in [0.1, 0.15) is 49.6 Å². The van der Waals surface area contributed by atoms with Gasteiger partial charge in [0.1, 0.15) is 10.8 Å². The van der Waals surface area contributed by atoms with Crippen molar-refractivity contribution < 1.29 is 14.3 Å². The molecule has 1 saturated heterocycles. The van der Waals surface area contributed by atoms with Gasteiger partial charge in [0.2, 0.25) is 0 Å². The number of nitrogens with zero attached hydrogens (tertiary/aromatic N) is 2. The van der Waals surface area contributed by atoms with Crippen LogP contribution in [0, 0.1) is 0 Å². The number of amides is 1. The first kappa shape index (κ1) is 24.4.